The third-order valence-corrected chi connectivity index (χ3v) is 6.53. The maximum absolute atomic E-state index is 12.9. The van der Waals surface area contributed by atoms with E-state index in [0.717, 1.165) is 39.9 Å². The van der Waals surface area contributed by atoms with Gasteiger partial charge < -0.3 is 14.6 Å². The number of amides is 1. The minimum Gasteiger partial charge on any atom is -0.550 e. The fraction of sp³-hybridized carbons (Fsp3) is 0.167. The van der Waals surface area contributed by atoms with Crippen molar-refractivity contribution in [3.8, 4) is 22.7 Å². The standard InChI is InChI=1S/C24H21N3O4S2/c1-15-12-18(31-2)8-9-19(15)22-16(14-27(25-22)17-6-4-3-5-7-17)13-20-23(30)26(24(32)33-20)11-10-21(28)29/h3-9,12-14H,10-11H2,1-2H3,(H,28,29)/p-1/b20-13+. The summed E-state index contributed by atoms with van der Waals surface area (Å²) in [6.45, 7) is 1.96. The smallest absolute Gasteiger partial charge is 0.266 e. The van der Waals surface area contributed by atoms with Gasteiger partial charge in [0, 0.05) is 36.3 Å². The molecule has 1 aromatic heterocycles. The molecule has 33 heavy (non-hydrogen) atoms. The van der Waals surface area contributed by atoms with Crippen LogP contribution in [0.1, 0.15) is 17.5 Å². The molecule has 4 rings (SSSR count). The molecule has 9 heteroatoms. The fourth-order valence-electron chi connectivity index (χ4n) is 3.48. The van der Waals surface area contributed by atoms with E-state index < -0.39 is 5.97 Å². The number of hydrogen-bond acceptors (Lipinski definition) is 7. The Morgan fingerprint density at radius 2 is 2.00 bits per heavy atom. The van der Waals surface area contributed by atoms with E-state index in [1.165, 1.54) is 4.90 Å². The first kappa shape index (κ1) is 22.8. The molecule has 0 radical (unpaired) electrons. The third kappa shape index (κ3) is 4.84. The second-order valence-corrected chi connectivity index (χ2v) is 9.03. The quantitative estimate of drug-likeness (QED) is 0.381. The van der Waals surface area contributed by atoms with Gasteiger partial charge in [0.05, 0.1) is 17.7 Å². The van der Waals surface area contributed by atoms with Gasteiger partial charge in [0.2, 0.25) is 0 Å². The molecule has 2 heterocycles. The fourth-order valence-corrected chi connectivity index (χ4v) is 4.78. The number of thioether (sulfide) groups is 1. The number of methoxy groups -OCH3 is 1. The number of aryl methyl sites for hydroxylation is 1. The molecule has 0 aliphatic carbocycles. The van der Waals surface area contributed by atoms with E-state index in [9.17, 15) is 14.7 Å². The van der Waals surface area contributed by atoms with Crippen LogP contribution in [0.4, 0.5) is 0 Å². The Morgan fingerprint density at radius 3 is 2.67 bits per heavy atom. The van der Waals surface area contributed by atoms with Gasteiger partial charge in [-0.25, -0.2) is 4.68 Å². The first-order valence-corrected chi connectivity index (χ1v) is 11.3. The highest BCUT2D eigenvalue weighted by Crippen LogP contribution is 2.36. The molecule has 0 N–H and O–H groups in total. The van der Waals surface area contributed by atoms with Crippen LogP contribution < -0.4 is 9.84 Å². The van der Waals surface area contributed by atoms with Crippen LogP contribution in [0.3, 0.4) is 0 Å². The van der Waals surface area contributed by atoms with Crippen molar-refractivity contribution in [2.75, 3.05) is 13.7 Å². The minimum absolute atomic E-state index is 0.0158. The van der Waals surface area contributed by atoms with Gasteiger partial charge in [0.1, 0.15) is 15.8 Å². The lowest BCUT2D eigenvalue weighted by molar-refractivity contribution is -0.305. The van der Waals surface area contributed by atoms with Gasteiger partial charge in [-0.3, -0.25) is 9.69 Å². The van der Waals surface area contributed by atoms with Gasteiger partial charge in [-0.1, -0.05) is 42.2 Å². The molecule has 1 saturated heterocycles. The van der Waals surface area contributed by atoms with Crippen molar-refractivity contribution in [3.05, 3.63) is 70.8 Å². The van der Waals surface area contributed by atoms with Gasteiger partial charge in [-0.2, -0.15) is 5.10 Å². The van der Waals surface area contributed by atoms with Crippen molar-refractivity contribution in [2.24, 2.45) is 0 Å². The van der Waals surface area contributed by atoms with Gasteiger partial charge in [0.15, 0.2) is 0 Å². The van der Waals surface area contributed by atoms with E-state index in [2.05, 4.69) is 0 Å². The number of carbonyl (C=O) groups excluding carboxylic acids is 2. The lowest BCUT2D eigenvalue weighted by atomic mass is 10.0. The zero-order chi connectivity index (χ0) is 23.5. The number of aromatic nitrogens is 2. The number of para-hydroxylation sites is 1. The summed E-state index contributed by atoms with van der Waals surface area (Å²) in [5, 5.41) is 15.6. The summed E-state index contributed by atoms with van der Waals surface area (Å²) in [5.41, 5.74) is 4.21. The molecule has 1 fully saturated rings. The molecule has 3 aromatic rings. The number of nitrogens with zero attached hydrogens (tertiary/aromatic N) is 3. The predicted molar refractivity (Wildman–Crippen MR) is 130 cm³/mol. The molecule has 0 saturated carbocycles. The van der Waals surface area contributed by atoms with Crippen molar-refractivity contribution < 1.29 is 19.4 Å². The summed E-state index contributed by atoms with van der Waals surface area (Å²) in [6.07, 6.45) is 3.34. The van der Waals surface area contributed by atoms with Crippen molar-refractivity contribution in [1.29, 1.82) is 0 Å². The highest BCUT2D eigenvalue weighted by atomic mass is 32.2. The maximum Gasteiger partial charge on any atom is 0.266 e. The van der Waals surface area contributed by atoms with E-state index >= 15 is 0 Å². The second-order valence-electron chi connectivity index (χ2n) is 7.35. The van der Waals surface area contributed by atoms with E-state index in [4.69, 9.17) is 22.1 Å². The van der Waals surface area contributed by atoms with Crippen LogP contribution in [-0.4, -0.2) is 44.5 Å². The number of hydrogen-bond donors (Lipinski definition) is 0. The lowest BCUT2D eigenvalue weighted by Gasteiger charge is -2.14. The SMILES string of the molecule is COc1ccc(-c2nn(-c3ccccc3)cc2/C=C2/SC(=S)N(CCC(=O)[O-])C2=O)c(C)c1. The highest BCUT2D eigenvalue weighted by molar-refractivity contribution is 8.26. The van der Waals surface area contributed by atoms with Crippen LogP contribution in [0.5, 0.6) is 5.75 Å². The predicted octanol–water partition coefficient (Wildman–Crippen LogP) is 3.20. The molecule has 0 spiro atoms. The molecule has 168 valence electrons. The molecule has 0 unspecified atom stereocenters. The summed E-state index contributed by atoms with van der Waals surface area (Å²) < 4.78 is 7.41. The van der Waals surface area contributed by atoms with E-state index in [1.54, 1.807) is 17.9 Å². The molecular formula is C24H20N3O4S2-. The zero-order valence-electron chi connectivity index (χ0n) is 18.0. The van der Waals surface area contributed by atoms with Crippen LogP contribution in [0.25, 0.3) is 23.0 Å². The number of benzene rings is 2. The minimum atomic E-state index is -1.23. The Balaban J connectivity index is 1.77. The van der Waals surface area contributed by atoms with Crippen LogP contribution in [-0.2, 0) is 9.59 Å². The molecular weight excluding hydrogens is 458 g/mol. The summed E-state index contributed by atoms with van der Waals surface area (Å²) in [5.74, 6) is -0.806. The number of carbonyl (C=O) groups is 2. The summed E-state index contributed by atoms with van der Waals surface area (Å²) >= 11 is 6.44. The number of carboxylic acid groups (broad SMARTS) is 1. The number of ether oxygens (including phenoxy) is 1. The Hall–Kier alpha value is -3.43. The van der Waals surface area contributed by atoms with Crippen molar-refractivity contribution in [1.82, 2.24) is 14.7 Å². The number of aliphatic carboxylic acids is 1. The summed E-state index contributed by atoms with van der Waals surface area (Å²) in [6, 6.07) is 15.4. The van der Waals surface area contributed by atoms with E-state index in [-0.39, 0.29) is 18.9 Å². The maximum atomic E-state index is 12.9. The van der Waals surface area contributed by atoms with Crippen LogP contribution in [0, 0.1) is 6.92 Å². The van der Waals surface area contributed by atoms with Gasteiger partial charge in [-0.15, -0.1) is 0 Å². The summed E-state index contributed by atoms with van der Waals surface area (Å²) in [7, 11) is 1.62. The van der Waals surface area contributed by atoms with Gasteiger partial charge >= 0.3 is 0 Å². The molecule has 1 amide bonds. The van der Waals surface area contributed by atoms with Crippen LogP contribution in [0.15, 0.2) is 59.6 Å². The number of thiocarbonyl (C=S) groups is 1. The molecule has 2 aromatic carbocycles. The molecule has 0 atom stereocenters. The van der Waals surface area contributed by atoms with E-state index in [1.807, 2.05) is 61.7 Å². The highest BCUT2D eigenvalue weighted by Gasteiger charge is 2.32. The first-order chi connectivity index (χ1) is 15.9. The Labute approximate surface area is 200 Å². The average molecular weight is 479 g/mol. The molecule has 0 bridgehead atoms. The van der Waals surface area contributed by atoms with Crippen LogP contribution >= 0.6 is 24.0 Å². The van der Waals surface area contributed by atoms with Gasteiger partial charge in [0.25, 0.3) is 5.91 Å². The average Bonchev–Trinajstić information content (AvgIpc) is 3.33. The third-order valence-electron chi connectivity index (χ3n) is 5.15. The van der Waals surface area contributed by atoms with Crippen LogP contribution in [0.2, 0.25) is 0 Å². The van der Waals surface area contributed by atoms with Gasteiger partial charge in [-0.05, 0) is 48.9 Å². The van der Waals surface area contributed by atoms with E-state index in [0.29, 0.717) is 14.9 Å². The first-order valence-electron chi connectivity index (χ1n) is 10.1. The largest absolute Gasteiger partial charge is 0.550 e. The Morgan fingerprint density at radius 1 is 1.24 bits per heavy atom. The van der Waals surface area contributed by atoms with Crippen molar-refractivity contribution in [3.63, 3.8) is 0 Å². The number of rotatable bonds is 7. The monoisotopic (exact) mass is 478 g/mol. The lowest BCUT2D eigenvalue weighted by Crippen LogP contribution is -2.33. The Bertz CT molecular complexity index is 1270. The topological polar surface area (TPSA) is 87.5 Å². The molecule has 7 nitrogen and oxygen atoms in total. The second kappa shape index (κ2) is 9.60. The summed E-state index contributed by atoms with van der Waals surface area (Å²) in [4.78, 5) is 25.4. The normalized spacial score (nSPS) is 14.8. The molecule has 1 aliphatic rings. The number of carboxylic acids is 1. The molecule has 1 aliphatic heterocycles. The van der Waals surface area contributed by atoms with Crippen molar-refractivity contribution in [2.45, 2.75) is 13.3 Å². The zero-order valence-corrected chi connectivity index (χ0v) is 19.6. The Kier molecular flexibility index (Phi) is 6.62. The van der Waals surface area contributed by atoms with Crippen molar-refractivity contribution >= 4 is 46.3 Å².